The van der Waals surface area contributed by atoms with Crippen LogP contribution in [0.4, 0.5) is 5.69 Å². The molecule has 2 aromatic carbocycles. The largest absolute Gasteiger partial charge is 0.438 e. The summed E-state index contributed by atoms with van der Waals surface area (Å²) in [5, 5.41) is 5.85. The number of ether oxygens (including phenoxy) is 1. The minimum atomic E-state index is -0.131. The van der Waals surface area contributed by atoms with E-state index in [0.717, 1.165) is 39.2 Å². The first-order valence-corrected chi connectivity index (χ1v) is 11.8. The van der Waals surface area contributed by atoms with Crippen molar-refractivity contribution in [2.45, 2.75) is 20.3 Å². The van der Waals surface area contributed by atoms with E-state index in [9.17, 15) is 4.79 Å². The van der Waals surface area contributed by atoms with Crippen molar-refractivity contribution in [1.82, 2.24) is 15.0 Å². The summed E-state index contributed by atoms with van der Waals surface area (Å²) in [6.07, 6.45) is 4.19. The second-order valence-corrected chi connectivity index (χ2v) is 8.66. The Labute approximate surface area is 201 Å². The van der Waals surface area contributed by atoms with Gasteiger partial charge in [0.2, 0.25) is 5.88 Å². The zero-order valence-electron chi connectivity index (χ0n) is 18.8. The van der Waals surface area contributed by atoms with Gasteiger partial charge in [-0.1, -0.05) is 25.1 Å². The Hall–Kier alpha value is -4.10. The van der Waals surface area contributed by atoms with Crippen LogP contribution in [-0.2, 0) is 6.42 Å². The maximum atomic E-state index is 12.9. The number of carbonyl (C=O) groups excluding carboxylic acids is 1. The van der Waals surface area contributed by atoms with E-state index in [1.165, 1.54) is 0 Å². The Kier molecular flexibility index (Phi) is 6.01. The van der Waals surface area contributed by atoms with Gasteiger partial charge in [-0.15, -0.1) is 11.3 Å². The highest BCUT2D eigenvalue weighted by atomic mass is 32.1. The van der Waals surface area contributed by atoms with Crippen LogP contribution in [0.15, 0.2) is 78.4 Å². The first-order chi connectivity index (χ1) is 16.6. The van der Waals surface area contributed by atoms with Crippen LogP contribution in [0.3, 0.4) is 0 Å². The molecule has 0 aliphatic heterocycles. The van der Waals surface area contributed by atoms with E-state index < -0.39 is 0 Å². The fourth-order valence-electron chi connectivity index (χ4n) is 3.68. The molecule has 6 nitrogen and oxygen atoms in total. The predicted octanol–water partition coefficient (Wildman–Crippen LogP) is 6.67. The Morgan fingerprint density at radius 1 is 1.03 bits per heavy atom. The Balaban J connectivity index is 1.37. The van der Waals surface area contributed by atoms with Crippen LogP contribution >= 0.6 is 11.3 Å². The van der Waals surface area contributed by atoms with Crippen LogP contribution in [-0.4, -0.2) is 20.9 Å². The molecule has 0 radical (unpaired) electrons. The zero-order valence-corrected chi connectivity index (χ0v) is 19.6. The molecule has 0 saturated heterocycles. The Morgan fingerprint density at radius 3 is 2.76 bits per heavy atom. The van der Waals surface area contributed by atoms with Crippen LogP contribution in [0.5, 0.6) is 11.6 Å². The fraction of sp³-hybridized carbons (Fsp3) is 0.111. The quantitative estimate of drug-likeness (QED) is 0.302. The molecule has 0 aliphatic carbocycles. The SMILES string of the molecule is CCc1nccc(-c2cccnc2Oc2ccc(NC(=O)c3csc4ccccc34)cc2C)n1. The van der Waals surface area contributed by atoms with Gasteiger partial charge in [0, 0.05) is 40.0 Å². The summed E-state index contributed by atoms with van der Waals surface area (Å²) in [7, 11) is 0. The summed E-state index contributed by atoms with van der Waals surface area (Å²) < 4.78 is 7.27. The first-order valence-electron chi connectivity index (χ1n) is 11.0. The lowest BCUT2D eigenvalue weighted by Crippen LogP contribution is -2.11. The minimum Gasteiger partial charge on any atom is -0.438 e. The molecule has 34 heavy (non-hydrogen) atoms. The lowest BCUT2D eigenvalue weighted by atomic mass is 10.1. The number of fused-ring (bicyclic) bond motifs is 1. The predicted molar refractivity (Wildman–Crippen MR) is 136 cm³/mol. The standard InChI is InChI=1S/C27H22N4O2S/c1-3-25-28-14-12-22(31-25)20-8-6-13-29-27(20)33-23-11-10-18(15-17(23)2)30-26(32)21-16-34-24-9-5-4-7-19(21)24/h4-16H,3H2,1-2H3,(H,30,32). The number of rotatable bonds is 6. The van der Waals surface area contributed by atoms with Gasteiger partial charge in [-0.3, -0.25) is 4.79 Å². The van der Waals surface area contributed by atoms with Gasteiger partial charge in [-0.25, -0.2) is 15.0 Å². The molecular formula is C27H22N4O2S. The topological polar surface area (TPSA) is 77.0 Å². The van der Waals surface area contributed by atoms with Crippen molar-refractivity contribution in [3.05, 3.63) is 95.4 Å². The Bertz CT molecular complexity index is 1500. The van der Waals surface area contributed by atoms with Crippen molar-refractivity contribution >= 4 is 33.0 Å². The van der Waals surface area contributed by atoms with E-state index in [0.29, 0.717) is 22.9 Å². The van der Waals surface area contributed by atoms with E-state index in [1.54, 1.807) is 23.7 Å². The molecule has 7 heteroatoms. The number of benzene rings is 2. The molecule has 3 aromatic heterocycles. The molecule has 3 heterocycles. The molecule has 5 aromatic rings. The molecule has 0 unspecified atom stereocenters. The number of amides is 1. The third kappa shape index (κ3) is 4.38. The third-order valence-electron chi connectivity index (χ3n) is 5.43. The van der Waals surface area contributed by atoms with Gasteiger partial charge in [-0.2, -0.15) is 0 Å². The van der Waals surface area contributed by atoms with Crippen LogP contribution in [0.1, 0.15) is 28.7 Å². The number of aryl methyl sites for hydroxylation is 2. The van der Waals surface area contributed by atoms with Gasteiger partial charge in [0.1, 0.15) is 11.6 Å². The second kappa shape index (κ2) is 9.41. The summed E-state index contributed by atoms with van der Waals surface area (Å²) >= 11 is 1.56. The molecule has 0 aliphatic rings. The molecule has 5 rings (SSSR count). The average Bonchev–Trinajstić information content (AvgIpc) is 3.30. The van der Waals surface area contributed by atoms with E-state index in [1.807, 2.05) is 79.9 Å². The summed E-state index contributed by atoms with van der Waals surface area (Å²) in [6, 6.07) is 19.1. The van der Waals surface area contributed by atoms with Crippen molar-refractivity contribution < 1.29 is 9.53 Å². The summed E-state index contributed by atoms with van der Waals surface area (Å²) in [5.41, 5.74) is 3.81. The highest BCUT2D eigenvalue weighted by Crippen LogP contribution is 2.33. The van der Waals surface area contributed by atoms with Crippen LogP contribution < -0.4 is 10.1 Å². The number of pyridine rings is 1. The van der Waals surface area contributed by atoms with Gasteiger partial charge in [-0.05, 0) is 55.0 Å². The van der Waals surface area contributed by atoms with E-state index in [2.05, 4.69) is 20.3 Å². The minimum absolute atomic E-state index is 0.131. The molecule has 1 amide bonds. The smallest absolute Gasteiger partial charge is 0.257 e. The summed E-state index contributed by atoms with van der Waals surface area (Å²) in [4.78, 5) is 26.2. The lowest BCUT2D eigenvalue weighted by molar-refractivity contribution is 0.102. The van der Waals surface area contributed by atoms with E-state index >= 15 is 0 Å². The van der Waals surface area contributed by atoms with Gasteiger partial charge in [0.05, 0.1) is 16.8 Å². The Morgan fingerprint density at radius 2 is 1.91 bits per heavy atom. The summed E-state index contributed by atoms with van der Waals surface area (Å²) in [6.45, 7) is 3.96. The van der Waals surface area contributed by atoms with Crippen LogP contribution in [0.2, 0.25) is 0 Å². The molecule has 0 spiro atoms. The van der Waals surface area contributed by atoms with Crippen LogP contribution in [0, 0.1) is 6.92 Å². The molecule has 1 N–H and O–H groups in total. The number of hydrogen-bond acceptors (Lipinski definition) is 6. The van der Waals surface area contributed by atoms with Gasteiger partial charge < -0.3 is 10.1 Å². The molecule has 0 atom stereocenters. The van der Waals surface area contributed by atoms with Crippen LogP contribution in [0.25, 0.3) is 21.3 Å². The maximum Gasteiger partial charge on any atom is 0.257 e. The highest BCUT2D eigenvalue weighted by molar-refractivity contribution is 7.17. The van der Waals surface area contributed by atoms with Gasteiger partial charge in [0.15, 0.2) is 0 Å². The lowest BCUT2D eigenvalue weighted by Gasteiger charge is -2.13. The van der Waals surface area contributed by atoms with Gasteiger partial charge in [0.25, 0.3) is 5.91 Å². The number of nitrogens with zero attached hydrogens (tertiary/aromatic N) is 3. The second-order valence-electron chi connectivity index (χ2n) is 7.75. The molecule has 0 saturated carbocycles. The zero-order chi connectivity index (χ0) is 23.5. The molecule has 0 fully saturated rings. The highest BCUT2D eigenvalue weighted by Gasteiger charge is 2.15. The number of aromatic nitrogens is 3. The van der Waals surface area contributed by atoms with Gasteiger partial charge >= 0.3 is 0 Å². The van der Waals surface area contributed by atoms with Crippen molar-refractivity contribution in [3.63, 3.8) is 0 Å². The number of nitrogens with one attached hydrogen (secondary N) is 1. The molecule has 0 bridgehead atoms. The fourth-order valence-corrected chi connectivity index (χ4v) is 4.63. The third-order valence-corrected chi connectivity index (χ3v) is 6.40. The summed E-state index contributed by atoms with van der Waals surface area (Å²) in [5.74, 6) is 1.76. The first kappa shape index (κ1) is 21.7. The number of hydrogen-bond donors (Lipinski definition) is 1. The normalized spacial score (nSPS) is 10.9. The number of anilines is 1. The van der Waals surface area contributed by atoms with Crippen molar-refractivity contribution in [3.8, 4) is 22.9 Å². The van der Waals surface area contributed by atoms with Crippen molar-refractivity contribution in [1.29, 1.82) is 0 Å². The maximum absolute atomic E-state index is 12.9. The molecule has 168 valence electrons. The van der Waals surface area contributed by atoms with Crippen molar-refractivity contribution in [2.75, 3.05) is 5.32 Å². The van der Waals surface area contributed by atoms with Crippen molar-refractivity contribution in [2.24, 2.45) is 0 Å². The monoisotopic (exact) mass is 466 g/mol. The van der Waals surface area contributed by atoms with E-state index in [4.69, 9.17) is 4.74 Å². The van der Waals surface area contributed by atoms with E-state index in [-0.39, 0.29) is 5.91 Å². The number of thiophene rings is 1. The number of carbonyl (C=O) groups is 1. The average molecular weight is 467 g/mol. The molecular weight excluding hydrogens is 444 g/mol.